The molecule has 1 rings (SSSR count). The summed E-state index contributed by atoms with van der Waals surface area (Å²) in [5.41, 5.74) is 11.6. The molecule has 4 N–H and O–H groups in total. The van der Waals surface area contributed by atoms with E-state index in [4.69, 9.17) is 11.5 Å². The van der Waals surface area contributed by atoms with E-state index >= 15 is 0 Å². The molecule has 0 spiro atoms. The number of rotatable bonds is 3. The number of nitrogens with zero attached hydrogens (tertiary/aromatic N) is 1. The van der Waals surface area contributed by atoms with Gasteiger partial charge in [0.1, 0.15) is 0 Å². The molecular formula is C10H24ClN3. The van der Waals surface area contributed by atoms with Gasteiger partial charge in [0.25, 0.3) is 0 Å². The Labute approximate surface area is 93.6 Å². The van der Waals surface area contributed by atoms with Gasteiger partial charge in [-0.2, -0.15) is 0 Å². The summed E-state index contributed by atoms with van der Waals surface area (Å²) in [5.74, 6) is 0.734. The molecule has 3 atom stereocenters. The highest BCUT2D eigenvalue weighted by Gasteiger charge is 2.27. The Morgan fingerprint density at radius 2 is 2.14 bits per heavy atom. The van der Waals surface area contributed by atoms with Crippen molar-refractivity contribution in [2.45, 2.75) is 38.8 Å². The summed E-state index contributed by atoms with van der Waals surface area (Å²) in [7, 11) is 0. The first kappa shape index (κ1) is 14.2. The Kier molecular flexibility index (Phi) is 6.70. The average molecular weight is 222 g/mol. The number of hydrogen-bond acceptors (Lipinski definition) is 3. The van der Waals surface area contributed by atoms with Gasteiger partial charge in [-0.05, 0) is 32.2 Å². The second-order valence-corrected chi connectivity index (χ2v) is 4.39. The second kappa shape index (κ2) is 6.62. The smallest absolute Gasteiger partial charge is 0.0244 e. The summed E-state index contributed by atoms with van der Waals surface area (Å²) in [4.78, 5) is 2.46. The molecule has 86 valence electrons. The maximum absolute atomic E-state index is 5.80. The van der Waals surface area contributed by atoms with Crippen molar-refractivity contribution in [1.82, 2.24) is 4.90 Å². The molecule has 1 fully saturated rings. The lowest BCUT2D eigenvalue weighted by atomic mass is 9.90. The SMILES string of the molecule is CC(N)CN1CCCC(C)C1CN.Cl. The average Bonchev–Trinajstić information content (AvgIpc) is 2.03. The van der Waals surface area contributed by atoms with Crippen molar-refractivity contribution in [3.8, 4) is 0 Å². The van der Waals surface area contributed by atoms with Crippen LogP contribution in [0.3, 0.4) is 0 Å². The molecule has 0 aromatic heterocycles. The van der Waals surface area contributed by atoms with Crippen molar-refractivity contribution < 1.29 is 0 Å². The van der Waals surface area contributed by atoms with Crippen molar-refractivity contribution in [3.05, 3.63) is 0 Å². The van der Waals surface area contributed by atoms with Crippen LogP contribution in [0.2, 0.25) is 0 Å². The van der Waals surface area contributed by atoms with Gasteiger partial charge in [-0.15, -0.1) is 12.4 Å². The van der Waals surface area contributed by atoms with E-state index < -0.39 is 0 Å². The standard InChI is InChI=1S/C10H23N3.ClH/c1-8-4-3-5-13(7-9(2)12)10(8)6-11;/h8-10H,3-7,11-12H2,1-2H3;1H. The number of halogens is 1. The largest absolute Gasteiger partial charge is 0.329 e. The molecule has 0 aromatic carbocycles. The van der Waals surface area contributed by atoms with E-state index in [1.54, 1.807) is 0 Å². The third kappa shape index (κ3) is 3.73. The summed E-state index contributed by atoms with van der Waals surface area (Å²) >= 11 is 0. The molecule has 1 saturated heterocycles. The fourth-order valence-corrected chi connectivity index (χ4v) is 2.31. The quantitative estimate of drug-likeness (QED) is 0.742. The highest BCUT2D eigenvalue weighted by Crippen LogP contribution is 2.22. The molecule has 0 amide bonds. The lowest BCUT2D eigenvalue weighted by Crippen LogP contribution is -2.51. The first-order chi connectivity index (χ1) is 6.15. The van der Waals surface area contributed by atoms with Gasteiger partial charge in [0.2, 0.25) is 0 Å². The van der Waals surface area contributed by atoms with E-state index in [-0.39, 0.29) is 18.4 Å². The molecule has 4 heteroatoms. The predicted octanol–water partition coefficient (Wildman–Crippen LogP) is 0.815. The minimum absolute atomic E-state index is 0. The van der Waals surface area contributed by atoms with Crippen LogP contribution >= 0.6 is 12.4 Å². The fraction of sp³-hybridized carbons (Fsp3) is 1.00. The van der Waals surface area contributed by atoms with Gasteiger partial charge in [0.05, 0.1) is 0 Å². The van der Waals surface area contributed by atoms with Crippen molar-refractivity contribution in [2.24, 2.45) is 17.4 Å². The zero-order valence-corrected chi connectivity index (χ0v) is 10.1. The molecule has 3 nitrogen and oxygen atoms in total. The predicted molar refractivity (Wildman–Crippen MR) is 63.7 cm³/mol. The Morgan fingerprint density at radius 1 is 1.50 bits per heavy atom. The van der Waals surface area contributed by atoms with E-state index in [1.165, 1.54) is 19.4 Å². The molecule has 1 heterocycles. The number of nitrogens with two attached hydrogens (primary N) is 2. The number of likely N-dealkylation sites (tertiary alicyclic amines) is 1. The third-order valence-corrected chi connectivity index (χ3v) is 2.99. The van der Waals surface area contributed by atoms with Crippen LogP contribution in [0.5, 0.6) is 0 Å². The molecule has 0 aliphatic carbocycles. The molecule has 3 unspecified atom stereocenters. The van der Waals surface area contributed by atoms with Gasteiger partial charge in [0.15, 0.2) is 0 Å². The van der Waals surface area contributed by atoms with Crippen molar-refractivity contribution in [3.63, 3.8) is 0 Å². The monoisotopic (exact) mass is 221 g/mol. The van der Waals surface area contributed by atoms with E-state index in [0.717, 1.165) is 19.0 Å². The molecule has 14 heavy (non-hydrogen) atoms. The molecule has 0 bridgehead atoms. The zero-order chi connectivity index (χ0) is 9.84. The maximum atomic E-state index is 5.80. The number of hydrogen-bond donors (Lipinski definition) is 2. The fourth-order valence-electron chi connectivity index (χ4n) is 2.31. The van der Waals surface area contributed by atoms with Crippen LogP contribution in [0.25, 0.3) is 0 Å². The summed E-state index contributed by atoms with van der Waals surface area (Å²) in [5, 5.41) is 0. The summed E-state index contributed by atoms with van der Waals surface area (Å²) in [6, 6.07) is 0.819. The maximum Gasteiger partial charge on any atom is 0.0244 e. The lowest BCUT2D eigenvalue weighted by molar-refractivity contribution is 0.102. The lowest BCUT2D eigenvalue weighted by Gasteiger charge is -2.40. The molecular weight excluding hydrogens is 198 g/mol. The topological polar surface area (TPSA) is 55.3 Å². The molecule has 1 aliphatic heterocycles. The zero-order valence-electron chi connectivity index (χ0n) is 9.28. The second-order valence-electron chi connectivity index (χ2n) is 4.39. The van der Waals surface area contributed by atoms with Gasteiger partial charge in [0, 0.05) is 25.2 Å². The highest BCUT2D eigenvalue weighted by atomic mass is 35.5. The van der Waals surface area contributed by atoms with Crippen LogP contribution < -0.4 is 11.5 Å². The Hall–Kier alpha value is 0.170. The Balaban J connectivity index is 0.00000169. The Morgan fingerprint density at radius 3 is 2.64 bits per heavy atom. The van der Waals surface area contributed by atoms with Crippen LogP contribution in [0.15, 0.2) is 0 Å². The van der Waals surface area contributed by atoms with Crippen molar-refractivity contribution in [1.29, 1.82) is 0 Å². The van der Waals surface area contributed by atoms with E-state index in [1.807, 2.05) is 0 Å². The Bertz CT molecular complexity index is 152. The van der Waals surface area contributed by atoms with Gasteiger partial charge < -0.3 is 11.5 Å². The first-order valence-corrected chi connectivity index (χ1v) is 5.35. The number of piperidine rings is 1. The van der Waals surface area contributed by atoms with Crippen LogP contribution in [0.1, 0.15) is 26.7 Å². The summed E-state index contributed by atoms with van der Waals surface area (Å²) in [6.45, 7) is 7.30. The van der Waals surface area contributed by atoms with Crippen LogP contribution in [-0.4, -0.2) is 36.6 Å². The van der Waals surface area contributed by atoms with Gasteiger partial charge in [-0.25, -0.2) is 0 Å². The minimum Gasteiger partial charge on any atom is -0.329 e. The van der Waals surface area contributed by atoms with Crippen LogP contribution in [0, 0.1) is 5.92 Å². The van der Waals surface area contributed by atoms with E-state index in [9.17, 15) is 0 Å². The minimum atomic E-state index is 0. The highest BCUT2D eigenvalue weighted by molar-refractivity contribution is 5.85. The summed E-state index contributed by atoms with van der Waals surface area (Å²) < 4.78 is 0. The van der Waals surface area contributed by atoms with Gasteiger partial charge in [-0.3, -0.25) is 4.90 Å². The van der Waals surface area contributed by atoms with Crippen LogP contribution in [0.4, 0.5) is 0 Å². The summed E-state index contributed by atoms with van der Waals surface area (Å²) in [6.07, 6.45) is 2.61. The van der Waals surface area contributed by atoms with Crippen molar-refractivity contribution >= 4 is 12.4 Å². The van der Waals surface area contributed by atoms with E-state index in [0.29, 0.717) is 6.04 Å². The van der Waals surface area contributed by atoms with Crippen molar-refractivity contribution in [2.75, 3.05) is 19.6 Å². The molecule has 0 aromatic rings. The van der Waals surface area contributed by atoms with E-state index in [2.05, 4.69) is 18.7 Å². The van der Waals surface area contributed by atoms with Crippen LogP contribution in [-0.2, 0) is 0 Å². The molecule has 1 aliphatic rings. The van der Waals surface area contributed by atoms with Gasteiger partial charge >= 0.3 is 0 Å². The molecule has 0 saturated carbocycles. The first-order valence-electron chi connectivity index (χ1n) is 5.35. The normalized spacial score (nSPS) is 30.9. The molecule has 0 radical (unpaired) electrons. The van der Waals surface area contributed by atoms with Gasteiger partial charge in [-0.1, -0.05) is 6.92 Å². The third-order valence-electron chi connectivity index (χ3n) is 2.99.